The first kappa shape index (κ1) is 15.0. The fourth-order valence-corrected chi connectivity index (χ4v) is 1.77. The molecule has 0 saturated carbocycles. The topological polar surface area (TPSA) is 56.2 Å². The van der Waals surface area contributed by atoms with E-state index >= 15 is 0 Å². The van der Waals surface area contributed by atoms with E-state index in [0.29, 0.717) is 23.9 Å². The molecule has 112 valence electrons. The highest BCUT2D eigenvalue weighted by Gasteiger charge is 2.18. The predicted octanol–water partition coefficient (Wildman–Crippen LogP) is 2.41. The van der Waals surface area contributed by atoms with E-state index in [1.807, 2.05) is 13.8 Å². The van der Waals surface area contributed by atoms with Crippen LogP contribution in [-0.4, -0.2) is 29.3 Å². The summed E-state index contributed by atoms with van der Waals surface area (Å²) in [6.45, 7) is 4.58. The van der Waals surface area contributed by atoms with Gasteiger partial charge in [-0.25, -0.2) is 9.07 Å². The third kappa shape index (κ3) is 3.59. The zero-order chi connectivity index (χ0) is 15.4. The number of halogens is 1. The molecular weight excluding hydrogens is 273 g/mol. The normalized spacial score (nSPS) is 10.7. The fourth-order valence-electron chi connectivity index (χ4n) is 1.77. The largest absolute Gasteiger partial charge is 0.493 e. The van der Waals surface area contributed by atoms with Crippen LogP contribution in [-0.2, 0) is 0 Å². The van der Waals surface area contributed by atoms with E-state index in [1.54, 1.807) is 18.3 Å². The van der Waals surface area contributed by atoms with Crippen molar-refractivity contribution in [2.75, 3.05) is 13.7 Å². The summed E-state index contributed by atoms with van der Waals surface area (Å²) in [6.07, 6.45) is 1.59. The van der Waals surface area contributed by atoms with E-state index < -0.39 is 0 Å². The summed E-state index contributed by atoms with van der Waals surface area (Å²) in [4.78, 5) is 12.1. The Morgan fingerprint density at radius 3 is 2.62 bits per heavy atom. The molecule has 0 radical (unpaired) electrons. The molecule has 0 spiro atoms. The molecule has 21 heavy (non-hydrogen) atoms. The Morgan fingerprint density at radius 2 is 2.05 bits per heavy atom. The maximum absolute atomic E-state index is 12.9. The standard InChI is InChI=1S/C15H18FN3O2/c1-10(2)8-17-15(20)14-13(21-3)9-19(18-14)12-6-4-11(16)5-7-12/h4-7,9-10H,8H2,1-3H3,(H,17,20). The van der Waals surface area contributed by atoms with E-state index in [1.165, 1.54) is 23.9 Å². The average molecular weight is 291 g/mol. The van der Waals surface area contributed by atoms with Gasteiger partial charge < -0.3 is 10.1 Å². The molecule has 1 N–H and O–H groups in total. The summed E-state index contributed by atoms with van der Waals surface area (Å²) in [6, 6.07) is 5.83. The SMILES string of the molecule is COc1cn(-c2ccc(F)cc2)nc1C(=O)NCC(C)C. The van der Waals surface area contributed by atoms with Crippen molar-refractivity contribution in [3.8, 4) is 11.4 Å². The minimum absolute atomic E-state index is 0.211. The van der Waals surface area contributed by atoms with Gasteiger partial charge in [0.05, 0.1) is 19.0 Å². The van der Waals surface area contributed by atoms with E-state index in [2.05, 4.69) is 10.4 Å². The molecule has 1 aromatic carbocycles. The van der Waals surface area contributed by atoms with Crippen LogP contribution in [0.4, 0.5) is 4.39 Å². The molecule has 0 aliphatic rings. The van der Waals surface area contributed by atoms with Crippen molar-refractivity contribution in [2.45, 2.75) is 13.8 Å². The Kier molecular flexibility index (Phi) is 4.57. The summed E-state index contributed by atoms with van der Waals surface area (Å²) in [5, 5.41) is 7.01. The molecule has 1 amide bonds. The number of aromatic nitrogens is 2. The number of ether oxygens (including phenoxy) is 1. The van der Waals surface area contributed by atoms with E-state index in [0.717, 1.165) is 0 Å². The van der Waals surface area contributed by atoms with Crippen molar-refractivity contribution in [3.63, 3.8) is 0 Å². The lowest BCUT2D eigenvalue weighted by atomic mass is 10.2. The molecule has 1 heterocycles. The van der Waals surface area contributed by atoms with Crippen molar-refractivity contribution in [3.05, 3.63) is 42.0 Å². The van der Waals surface area contributed by atoms with Gasteiger partial charge in [0.2, 0.25) is 0 Å². The van der Waals surface area contributed by atoms with Gasteiger partial charge in [-0.05, 0) is 30.2 Å². The van der Waals surface area contributed by atoms with Gasteiger partial charge in [0.15, 0.2) is 11.4 Å². The lowest BCUT2D eigenvalue weighted by Gasteiger charge is -2.06. The van der Waals surface area contributed by atoms with Gasteiger partial charge in [-0.2, -0.15) is 5.10 Å². The second-order valence-electron chi connectivity index (χ2n) is 5.07. The van der Waals surface area contributed by atoms with Crippen LogP contribution in [0.2, 0.25) is 0 Å². The van der Waals surface area contributed by atoms with Crippen LogP contribution in [0.15, 0.2) is 30.5 Å². The molecule has 5 nitrogen and oxygen atoms in total. The molecule has 0 bridgehead atoms. The number of rotatable bonds is 5. The molecule has 2 aromatic rings. The summed E-state index contributed by atoms with van der Waals surface area (Å²) in [5.41, 5.74) is 0.861. The van der Waals surface area contributed by atoms with E-state index in [9.17, 15) is 9.18 Å². The fraction of sp³-hybridized carbons (Fsp3) is 0.333. The Balaban J connectivity index is 2.26. The zero-order valence-electron chi connectivity index (χ0n) is 12.3. The molecule has 0 unspecified atom stereocenters. The summed E-state index contributed by atoms with van der Waals surface area (Å²) >= 11 is 0. The lowest BCUT2D eigenvalue weighted by molar-refractivity contribution is 0.0940. The Hall–Kier alpha value is -2.37. The predicted molar refractivity (Wildman–Crippen MR) is 77.2 cm³/mol. The molecule has 6 heteroatoms. The number of carbonyl (C=O) groups excluding carboxylic acids is 1. The monoisotopic (exact) mass is 291 g/mol. The van der Waals surface area contributed by atoms with Crippen molar-refractivity contribution in [1.29, 1.82) is 0 Å². The Morgan fingerprint density at radius 1 is 1.38 bits per heavy atom. The molecule has 0 aliphatic heterocycles. The highest BCUT2D eigenvalue weighted by Crippen LogP contribution is 2.19. The van der Waals surface area contributed by atoms with Crippen LogP contribution >= 0.6 is 0 Å². The third-order valence-corrected chi connectivity index (χ3v) is 2.88. The number of hydrogen-bond acceptors (Lipinski definition) is 3. The van der Waals surface area contributed by atoms with Gasteiger partial charge in [0.1, 0.15) is 5.82 Å². The summed E-state index contributed by atoms with van der Waals surface area (Å²) < 4.78 is 19.6. The van der Waals surface area contributed by atoms with E-state index in [-0.39, 0.29) is 17.4 Å². The summed E-state index contributed by atoms with van der Waals surface area (Å²) in [5.74, 6) is 0.105. The van der Waals surface area contributed by atoms with Crippen LogP contribution in [0.1, 0.15) is 24.3 Å². The van der Waals surface area contributed by atoms with Crippen molar-refractivity contribution >= 4 is 5.91 Å². The Labute approximate surface area is 122 Å². The lowest BCUT2D eigenvalue weighted by Crippen LogP contribution is -2.28. The minimum atomic E-state index is -0.326. The van der Waals surface area contributed by atoms with Gasteiger partial charge >= 0.3 is 0 Å². The van der Waals surface area contributed by atoms with Gasteiger partial charge in [-0.15, -0.1) is 0 Å². The number of carbonyl (C=O) groups is 1. The second kappa shape index (κ2) is 6.39. The third-order valence-electron chi connectivity index (χ3n) is 2.88. The Bertz CT molecular complexity index is 620. The number of methoxy groups -OCH3 is 1. The van der Waals surface area contributed by atoms with Gasteiger partial charge in [0, 0.05) is 6.54 Å². The number of benzene rings is 1. The van der Waals surface area contributed by atoms with Crippen molar-refractivity contribution in [1.82, 2.24) is 15.1 Å². The minimum Gasteiger partial charge on any atom is -0.493 e. The van der Waals surface area contributed by atoms with Crippen LogP contribution in [0, 0.1) is 11.7 Å². The summed E-state index contributed by atoms with van der Waals surface area (Å²) in [7, 11) is 1.48. The molecule has 0 fully saturated rings. The maximum atomic E-state index is 12.9. The molecule has 0 saturated heterocycles. The first-order valence-electron chi connectivity index (χ1n) is 6.69. The van der Waals surface area contributed by atoms with Crippen molar-refractivity contribution < 1.29 is 13.9 Å². The number of nitrogens with zero attached hydrogens (tertiary/aromatic N) is 2. The van der Waals surface area contributed by atoms with Gasteiger partial charge in [-0.3, -0.25) is 4.79 Å². The maximum Gasteiger partial charge on any atom is 0.275 e. The molecule has 0 atom stereocenters. The zero-order valence-corrected chi connectivity index (χ0v) is 12.3. The number of amides is 1. The first-order chi connectivity index (χ1) is 10.0. The van der Waals surface area contributed by atoms with Crippen LogP contribution in [0.25, 0.3) is 5.69 Å². The van der Waals surface area contributed by atoms with Crippen LogP contribution in [0.5, 0.6) is 5.75 Å². The molecule has 2 rings (SSSR count). The molecule has 0 aliphatic carbocycles. The molecule has 1 aromatic heterocycles. The van der Waals surface area contributed by atoms with Gasteiger partial charge in [0.25, 0.3) is 5.91 Å². The number of hydrogen-bond donors (Lipinski definition) is 1. The van der Waals surface area contributed by atoms with Crippen molar-refractivity contribution in [2.24, 2.45) is 5.92 Å². The smallest absolute Gasteiger partial charge is 0.275 e. The van der Waals surface area contributed by atoms with Gasteiger partial charge in [-0.1, -0.05) is 13.8 Å². The molecular formula is C15H18FN3O2. The average Bonchev–Trinajstić information content (AvgIpc) is 2.89. The highest BCUT2D eigenvalue weighted by molar-refractivity contribution is 5.94. The highest BCUT2D eigenvalue weighted by atomic mass is 19.1. The second-order valence-corrected chi connectivity index (χ2v) is 5.07. The van der Waals surface area contributed by atoms with Crippen LogP contribution < -0.4 is 10.1 Å². The van der Waals surface area contributed by atoms with E-state index in [4.69, 9.17) is 4.74 Å². The number of nitrogens with one attached hydrogen (secondary N) is 1. The first-order valence-corrected chi connectivity index (χ1v) is 6.69. The van der Waals surface area contributed by atoms with Crippen LogP contribution in [0.3, 0.4) is 0 Å². The quantitative estimate of drug-likeness (QED) is 0.920.